The zero-order chi connectivity index (χ0) is 20.7. The smallest absolute Gasteiger partial charge is 0.00612 e. The summed E-state index contributed by atoms with van der Waals surface area (Å²) >= 11 is 0. The second kappa shape index (κ2) is 10.8. The number of hydrogen-bond acceptors (Lipinski definition) is 0. The van der Waals surface area contributed by atoms with Crippen molar-refractivity contribution in [3.8, 4) is 0 Å². The Labute approximate surface area is 174 Å². The van der Waals surface area contributed by atoms with Crippen LogP contribution in [0.15, 0.2) is 42.5 Å². The predicted molar refractivity (Wildman–Crippen MR) is 125 cm³/mol. The fourth-order valence-corrected chi connectivity index (χ4v) is 4.19. The minimum Gasteiger partial charge on any atom is -0.0630 e. The fraction of sp³-hybridized carbons (Fsp3) is 0.571. The fourth-order valence-electron chi connectivity index (χ4n) is 4.19. The van der Waals surface area contributed by atoms with Crippen molar-refractivity contribution in [2.24, 2.45) is 17.8 Å². The van der Waals surface area contributed by atoms with Crippen LogP contribution in [0.25, 0.3) is 0 Å². The van der Waals surface area contributed by atoms with Gasteiger partial charge in [-0.05, 0) is 73.1 Å². The molecule has 0 heteroatoms. The van der Waals surface area contributed by atoms with Crippen molar-refractivity contribution in [3.05, 3.63) is 70.3 Å². The highest BCUT2D eigenvalue weighted by atomic mass is 14.2. The maximum Gasteiger partial charge on any atom is 0.00612 e. The Kier molecular flexibility index (Phi) is 8.80. The molecule has 0 aromatic heterocycles. The molecule has 1 fully saturated rings. The molecule has 1 unspecified atom stereocenters. The minimum absolute atomic E-state index is 0.466. The maximum atomic E-state index is 2.42. The molecule has 1 aliphatic carbocycles. The van der Waals surface area contributed by atoms with E-state index in [1.165, 1.54) is 54.4 Å². The summed E-state index contributed by atoms with van der Waals surface area (Å²) < 4.78 is 0. The molecule has 0 amide bonds. The molecule has 0 N–H and O–H groups in total. The van der Waals surface area contributed by atoms with Crippen molar-refractivity contribution >= 4 is 0 Å². The van der Waals surface area contributed by atoms with E-state index in [1.54, 1.807) is 5.56 Å². The van der Waals surface area contributed by atoms with Crippen LogP contribution >= 0.6 is 0 Å². The van der Waals surface area contributed by atoms with Crippen molar-refractivity contribution in [3.63, 3.8) is 0 Å². The molecule has 1 aliphatic rings. The van der Waals surface area contributed by atoms with Gasteiger partial charge in [-0.2, -0.15) is 0 Å². The monoisotopic (exact) mass is 378 g/mol. The van der Waals surface area contributed by atoms with Gasteiger partial charge in [0.15, 0.2) is 0 Å². The van der Waals surface area contributed by atoms with Gasteiger partial charge in [0.2, 0.25) is 0 Å². The summed E-state index contributed by atoms with van der Waals surface area (Å²) in [5.74, 6) is 3.15. The van der Waals surface area contributed by atoms with Gasteiger partial charge in [0.25, 0.3) is 0 Å². The van der Waals surface area contributed by atoms with Crippen molar-refractivity contribution in [1.29, 1.82) is 0 Å². The highest BCUT2D eigenvalue weighted by molar-refractivity contribution is 5.38. The van der Waals surface area contributed by atoms with Crippen LogP contribution < -0.4 is 0 Å². The molecule has 0 aliphatic heterocycles. The summed E-state index contributed by atoms with van der Waals surface area (Å²) in [5, 5.41) is 0. The summed E-state index contributed by atoms with van der Waals surface area (Å²) in [6, 6.07) is 16.1. The van der Waals surface area contributed by atoms with Crippen LogP contribution in [0.5, 0.6) is 0 Å². The van der Waals surface area contributed by atoms with Crippen LogP contribution in [-0.2, 0) is 6.42 Å². The lowest BCUT2D eigenvalue weighted by Crippen LogP contribution is -2.15. The third-order valence-electron chi connectivity index (χ3n) is 6.05. The van der Waals surface area contributed by atoms with E-state index in [2.05, 4.69) is 90.9 Å². The number of aryl methyl sites for hydroxylation is 2. The summed E-state index contributed by atoms with van der Waals surface area (Å²) in [7, 11) is 0. The normalized spacial score (nSPS) is 20.4. The van der Waals surface area contributed by atoms with E-state index in [4.69, 9.17) is 0 Å². The number of hydrogen-bond donors (Lipinski definition) is 0. The first-order valence-electron chi connectivity index (χ1n) is 11.4. The first-order chi connectivity index (χ1) is 13.3. The van der Waals surface area contributed by atoms with E-state index >= 15 is 0 Å². The Morgan fingerprint density at radius 3 is 2.00 bits per heavy atom. The zero-order valence-electron chi connectivity index (χ0n) is 19.4. The van der Waals surface area contributed by atoms with Crippen molar-refractivity contribution in [2.45, 2.75) is 86.5 Å². The highest BCUT2D eigenvalue weighted by Gasteiger charge is 2.19. The Balaban J connectivity index is 0.000000640. The lowest BCUT2D eigenvalue weighted by Gasteiger charge is -2.27. The molecule has 0 bridgehead atoms. The van der Waals surface area contributed by atoms with E-state index in [0.717, 1.165) is 17.8 Å². The molecular formula is C28H42. The van der Waals surface area contributed by atoms with E-state index in [0.29, 0.717) is 5.92 Å². The second-order valence-electron chi connectivity index (χ2n) is 9.88. The van der Waals surface area contributed by atoms with Gasteiger partial charge in [0.05, 0.1) is 0 Å². The Hall–Kier alpha value is -1.56. The molecule has 1 saturated carbocycles. The van der Waals surface area contributed by atoms with Crippen molar-refractivity contribution in [1.82, 2.24) is 0 Å². The van der Waals surface area contributed by atoms with E-state index in [1.807, 2.05) is 0 Å². The van der Waals surface area contributed by atoms with Gasteiger partial charge < -0.3 is 0 Å². The van der Waals surface area contributed by atoms with Crippen LogP contribution in [0.3, 0.4) is 0 Å². The molecule has 2 aromatic rings. The van der Waals surface area contributed by atoms with Crippen LogP contribution in [0.1, 0.15) is 94.0 Å². The lowest BCUT2D eigenvalue weighted by atomic mass is 9.79. The minimum atomic E-state index is 0.466. The standard InChI is InChI=1S/C24H32.C4H10/c1-17-8-10-21(11-9-17)16-22-12-13-24(15-19(22)3)20(4)23-7-5-6-18(2)14-23;1-4(2)3/h5-7,12-15,17,20-21H,8-11,16H2,1-4H3;4H,1-3H3. The molecule has 1 atom stereocenters. The van der Waals surface area contributed by atoms with Gasteiger partial charge in [0, 0.05) is 5.92 Å². The second-order valence-corrected chi connectivity index (χ2v) is 9.88. The Bertz CT molecular complexity index is 714. The first kappa shape index (κ1) is 22.7. The summed E-state index contributed by atoms with van der Waals surface area (Å²) in [5.41, 5.74) is 7.25. The summed E-state index contributed by atoms with van der Waals surface area (Å²) in [6.07, 6.45) is 6.96. The van der Waals surface area contributed by atoms with Gasteiger partial charge in [-0.25, -0.2) is 0 Å². The number of benzene rings is 2. The molecule has 0 saturated heterocycles. The van der Waals surface area contributed by atoms with Gasteiger partial charge in [-0.1, -0.05) is 95.5 Å². The number of rotatable bonds is 4. The van der Waals surface area contributed by atoms with E-state index in [9.17, 15) is 0 Å². The van der Waals surface area contributed by atoms with Crippen molar-refractivity contribution < 1.29 is 0 Å². The molecular weight excluding hydrogens is 336 g/mol. The first-order valence-corrected chi connectivity index (χ1v) is 11.4. The van der Waals surface area contributed by atoms with Crippen LogP contribution in [0.2, 0.25) is 0 Å². The molecule has 0 spiro atoms. The SMILES string of the molecule is CC(C)C.Cc1cccc(C(C)c2ccc(CC3CCC(C)CC3)c(C)c2)c1. The molecule has 28 heavy (non-hydrogen) atoms. The molecule has 0 radical (unpaired) electrons. The third-order valence-corrected chi connectivity index (χ3v) is 6.05. The average Bonchev–Trinajstić information content (AvgIpc) is 2.64. The van der Waals surface area contributed by atoms with Gasteiger partial charge in [-0.15, -0.1) is 0 Å². The van der Waals surface area contributed by atoms with Gasteiger partial charge in [0.1, 0.15) is 0 Å². The maximum absolute atomic E-state index is 2.42. The largest absolute Gasteiger partial charge is 0.0630 e. The quantitative estimate of drug-likeness (QED) is 0.500. The Morgan fingerprint density at radius 1 is 0.821 bits per heavy atom. The summed E-state index contributed by atoms with van der Waals surface area (Å²) in [4.78, 5) is 0. The molecule has 2 aromatic carbocycles. The van der Waals surface area contributed by atoms with Crippen LogP contribution in [0.4, 0.5) is 0 Å². The van der Waals surface area contributed by atoms with E-state index in [-0.39, 0.29) is 0 Å². The van der Waals surface area contributed by atoms with Crippen LogP contribution in [-0.4, -0.2) is 0 Å². The van der Waals surface area contributed by atoms with E-state index < -0.39 is 0 Å². The molecule has 0 heterocycles. The molecule has 3 rings (SSSR count). The van der Waals surface area contributed by atoms with Gasteiger partial charge >= 0.3 is 0 Å². The average molecular weight is 379 g/mol. The highest BCUT2D eigenvalue weighted by Crippen LogP contribution is 2.32. The van der Waals surface area contributed by atoms with Crippen molar-refractivity contribution in [2.75, 3.05) is 0 Å². The Morgan fingerprint density at radius 2 is 1.43 bits per heavy atom. The third kappa shape index (κ3) is 7.12. The van der Waals surface area contributed by atoms with Gasteiger partial charge in [-0.3, -0.25) is 0 Å². The zero-order valence-corrected chi connectivity index (χ0v) is 19.4. The molecule has 154 valence electrons. The molecule has 0 nitrogen and oxygen atoms in total. The summed E-state index contributed by atoms with van der Waals surface area (Å²) in [6.45, 7) is 15.7. The topological polar surface area (TPSA) is 0 Å². The lowest BCUT2D eigenvalue weighted by molar-refractivity contribution is 0.288. The van der Waals surface area contributed by atoms with Crippen LogP contribution in [0, 0.1) is 31.6 Å². The predicted octanol–water partition coefficient (Wildman–Crippen LogP) is 8.49.